The molecule has 0 saturated carbocycles. The summed E-state index contributed by atoms with van der Waals surface area (Å²) in [6.07, 6.45) is 0.438. The van der Waals surface area contributed by atoms with Crippen LogP contribution in [0.3, 0.4) is 0 Å². The van der Waals surface area contributed by atoms with Crippen molar-refractivity contribution in [2.45, 2.75) is 12.2 Å². The summed E-state index contributed by atoms with van der Waals surface area (Å²) in [4.78, 5) is 0. The van der Waals surface area contributed by atoms with Crippen LogP contribution in [-0.2, 0) is 9.47 Å². The summed E-state index contributed by atoms with van der Waals surface area (Å²) in [6, 6.07) is 15.2. The van der Waals surface area contributed by atoms with Crippen molar-refractivity contribution < 1.29 is 23.7 Å². The van der Waals surface area contributed by atoms with Gasteiger partial charge in [-0.1, -0.05) is 0 Å². The summed E-state index contributed by atoms with van der Waals surface area (Å²) >= 11 is 0. The Hall–Kier alpha value is -2.24. The molecular weight excluding hydrogens is 296 g/mol. The molecule has 0 spiro atoms. The standard InChI is InChI=1S/C18H18O5/c1-3-14(4-2-13(1)20-11-17-12-21-17)22-15-5-7-16(8-6-15)23-18-9-19-10-18/h1-8,17-18H,9-12H2. The van der Waals surface area contributed by atoms with Crippen molar-refractivity contribution in [2.75, 3.05) is 26.4 Å². The van der Waals surface area contributed by atoms with Crippen molar-refractivity contribution in [2.24, 2.45) is 0 Å². The molecule has 23 heavy (non-hydrogen) atoms. The van der Waals surface area contributed by atoms with Gasteiger partial charge in [0.15, 0.2) is 0 Å². The molecule has 0 bridgehead atoms. The number of benzene rings is 2. The van der Waals surface area contributed by atoms with E-state index in [1.54, 1.807) is 0 Å². The van der Waals surface area contributed by atoms with Crippen LogP contribution in [-0.4, -0.2) is 38.6 Å². The fourth-order valence-electron chi connectivity index (χ4n) is 2.15. The Labute approximate surface area is 134 Å². The second-order valence-electron chi connectivity index (χ2n) is 5.59. The molecule has 5 heteroatoms. The minimum Gasteiger partial charge on any atom is -0.491 e. The smallest absolute Gasteiger partial charge is 0.145 e. The normalized spacial score (nSPS) is 19.7. The van der Waals surface area contributed by atoms with Crippen molar-refractivity contribution in [3.63, 3.8) is 0 Å². The predicted octanol–water partition coefficient (Wildman–Crippen LogP) is 3.03. The first kappa shape index (κ1) is 14.4. The first-order valence-corrected chi connectivity index (χ1v) is 7.72. The van der Waals surface area contributed by atoms with Gasteiger partial charge >= 0.3 is 0 Å². The first-order chi connectivity index (χ1) is 11.3. The van der Waals surface area contributed by atoms with Crippen LogP contribution < -0.4 is 14.2 Å². The van der Waals surface area contributed by atoms with E-state index in [0.717, 1.165) is 29.6 Å². The highest BCUT2D eigenvalue weighted by molar-refractivity contribution is 5.37. The average Bonchev–Trinajstić information content (AvgIpc) is 3.36. The topological polar surface area (TPSA) is 49.5 Å². The van der Waals surface area contributed by atoms with Crippen molar-refractivity contribution in [3.8, 4) is 23.0 Å². The lowest BCUT2D eigenvalue weighted by molar-refractivity contribution is -0.0796. The van der Waals surface area contributed by atoms with Gasteiger partial charge in [-0.05, 0) is 48.5 Å². The molecule has 2 aliphatic rings. The molecule has 1 atom stereocenters. The zero-order chi connectivity index (χ0) is 15.5. The summed E-state index contributed by atoms with van der Waals surface area (Å²) in [5.74, 6) is 3.18. The third kappa shape index (κ3) is 3.94. The third-order valence-corrected chi connectivity index (χ3v) is 3.63. The van der Waals surface area contributed by atoms with E-state index >= 15 is 0 Å². The monoisotopic (exact) mass is 314 g/mol. The molecule has 2 aromatic rings. The van der Waals surface area contributed by atoms with Gasteiger partial charge in [0.1, 0.15) is 41.8 Å². The molecule has 0 aliphatic carbocycles. The Morgan fingerprint density at radius 3 is 1.87 bits per heavy atom. The minimum absolute atomic E-state index is 0.176. The molecule has 4 rings (SSSR count). The summed E-state index contributed by atoms with van der Waals surface area (Å²) in [6.45, 7) is 2.74. The summed E-state index contributed by atoms with van der Waals surface area (Å²) in [5, 5.41) is 0. The van der Waals surface area contributed by atoms with Crippen LogP contribution in [0, 0.1) is 0 Å². The van der Waals surface area contributed by atoms with E-state index in [2.05, 4.69) is 0 Å². The van der Waals surface area contributed by atoms with Gasteiger partial charge in [-0.3, -0.25) is 0 Å². The quantitative estimate of drug-likeness (QED) is 0.735. The van der Waals surface area contributed by atoms with E-state index in [1.807, 2.05) is 48.5 Å². The highest BCUT2D eigenvalue weighted by Crippen LogP contribution is 2.26. The SMILES string of the molecule is c1cc(Oc2ccc(OC3COC3)cc2)ccc1OCC1CO1. The summed E-state index contributed by atoms with van der Waals surface area (Å²) in [5.41, 5.74) is 0. The van der Waals surface area contributed by atoms with Crippen LogP contribution in [0.2, 0.25) is 0 Å². The fraction of sp³-hybridized carbons (Fsp3) is 0.333. The predicted molar refractivity (Wildman–Crippen MR) is 83.4 cm³/mol. The van der Waals surface area contributed by atoms with E-state index in [1.165, 1.54) is 0 Å². The van der Waals surface area contributed by atoms with Gasteiger partial charge in [-0.2, -0.15) is 0 Å². The summed E-state index contributed by atoms with van der Waals surface area (Å²) in [7, 11) is 0. The minimum atomic E-state index is 0.176. The number of hydrogen-bond acceptors (Lipinski definition) is 5. The molecule has 2 heterocycles. The summed E-state index contributed by atoms with van der Waals surface area (Å²) < 4.78 is 27.3. The van der Waals surface area contributed by atoms with Crippen LogP contribution in [0.4, 0.5) is 0 Å². The maximum Gasteiger partial charge on any atom is 0.145 e. The van der Waals surface area contributed by atoms with Crippen molar-refractivity contribution in [3.05, 3.63) is 48.5 Å². The zero-order valence-electron chi connectivity index (χ0n) is 12.6. The van der Waals surface area contributed by atoms with Crippen LogP contribution in [0.5, 0.6) is 23.0 Å². The second-order valence-corrected chi connectivity index (χ2v) is 5.59. The molecular formula is C18H18O5. The van der Waals surface area contributed by atoms with Crippen molar-refractivity contribution in [1.82, 2.24) is 0 Å². The van der Waals surface area contributed by atoms with Gasteiger partial charge in [0.2, 0.25) is 0 Å². The Kier molecular flexibility index (Phi) is 4.05. The fourth-order valence-corrected chi connectivity index (χ4v) is 2.15. The van der Waals surface area contributed by atoms with Crippen LogP contribution in [0.1, 0.15) is 0 Å². The molecule has 1 unspecified atom stereocenters. The Balaban J connectivity index is 1.31. The van der Waals surface area contributed by atoms with E-state index in [-0.39, 0.29) is 12.2 Å². The molecule has 120 valence electrons. The maximum absolute atomic E-state index is 5.81. The van der Waals surface area contributed by atoms with E-state index in [0.29, 0.717) is 19.8 Å². The Bertz CT molecular complexity index is 629. The van der Waals surface area contributed by atoms with E-state index in [4.69, 9.17) is 23.7 Å². The Morgan fingerprint density at radius 1 is 0.783 bits per heavy atom. The molecule has 0 radical (unpaired) electrons. The van der Waals surface area contributed by atoms with Gasteiger partial charge in [-0.15, -0.1) is 0 Å². The lowest BCUT2D eigenvalue weighted by atomic mass is 10.3. The average molecular weight is 314 g/mol. The van der Waals surface area contributed by atoms with Crippen LogP contribution in [0.15, 0.2) is 48.5 Å². The van der Waals surface area contributed by atoms with Crippen molar-refractivity contribution in [1.29, 1.82) is 0 Å². The molecule has 0 amide bonds. The third-order valence-electron chi connectivity index (χ3n) is 3.63. The lowest BCUT2D eigenvalue weighted by Crippen LogP contribution is -2.38. The van der Waals surface area contributed by atoms with Crippen LogP contribution >= 0.6 is 0 Å². The molecule has 2 aromatic carbocycles. The molecule has 2 fully saturated rings. The van der Waals surface area contributed by atoms with Crippen molar-refractivity contribution >= 4 is 0 Å². The number of ether oxygens (including phenoxy) is 5. The van der Waals surface area contributed by atoms with Gasteiger partial charge in [0.25, 0.3) is 0 Å². The number of rotatable bonds is 7. The Morgan fingerprint density at radius 2 is 1.35 bits per heavy atom. The largest absolute Gasteiger partial charge is 0.491 e. The molecule has 2 saturated heterocycles. The van der Waals surface area contributed by atoms with Gasteiger partial charge in [0, 0.05) is 0 Å². The van der Waals surface area contributed by atoms with Gasteiger partial charge in [-0.25, -0.2) is 0 Å². The molecule has 5 nitrogen and oxygen atoms in total. The van der Waals surface area contributed by atoms with Gasteiger partial charge < -0.3 is 23.7 Å². The molecule has 0 N–H and O–H groups in total. The molecule has 0 aromatic heterocycles. The molecule has 2 aliphatic heterocycles. The van der Waals surface area contributed by atoms with Crippen LogP contribution in [0.25, 0.3) is 0 Å². The zero-order valence-corrected chi connectivity index (χ0v) is 12.6. The number of hydrogen-bond donors (Lipinski definition) is 0. The van der Waals surface area contributed by atoms with E-state index < -0.39 is 0 Å². The first-order valence-electron chi connectivity index (χ1n) is 7.72. The highest BCUT2D eigenvalue weighted by atomic mass is 16.6. The van der Waals surface area contributed by atoms with E-state index in [9.17, 15) is 0 Å². The highest BCUT2D eigenvalue weighted by Gasteiger charge is 2.23. The van der Waals surface area contributed by atoms with Gasteiger partial charge in [0.05, 0.1) is 19.8 Å². The second kappa shape index (κ2) is 6.48. The number of epoxide rings is 1. The lowest BCUT2D eigenvalue weighted by Gasteiger charge is -2.26. The maximum atomic E-state index is 5.81.